The van der Waals surface area contributed by atoms with Gasteiger partial charge >= 0.3 is 0 Å². The van der Waals surface area contributed by atoms with Gasteiger partial charge in [-0.1, -0.05) is 0 Å². The maximum absolute atomic E-state index is 5.57. The van der Waals surface area contributed by atoms with Crippen LogP contribution < -0.4 is 16.4 Å². The van der Waals surface area contributed by atoms with Crippen LogP contribution in [0.2, 0.25) is 0 Å². The van der Waals surface area contributed by atoms with Crippen LogP contribution in [0, 0.1) is 0 Å². The molecule has 1 aliphatic heterocycles. The molecule has 0 atom stereocenters. The van der Waals surface area contributed by atoms with Crippen LogP contribution in [-0.4, -0.2) is 31.2 Å². The monoisotopic (exact) mass is 185 g/mol. The van der Waals surface area contributed by atoms with Gasteiger partial charge in [0.05, 0.1) is 0 Å². The second kappa shape index (κ2) is 4.94. The van der Waals surface area contributed by atoms with Crippen molar-refractivity contribution in [2.45, 2.75) is 44.7 Å². The Bertz CT molecular complexity index is 139. The Hall–Kier alpha value is -0.120. The number of nitrogens with two attached hydrogens (primary N) is 1. The zero-order chi connectivity index (χ0) is 9.73. The minimum Gasteiger partial charge on any atom is -0.330 e. The van der Waals surface area contributed by atoms with Gasteiger partial charge in [-0.05, 0) is 52.7 Å². The summed E-state index contributed by atoms with van der Waals surface area (Å²) >= 11 is 0. The second-order valence-corrected chi connectivity index (χ2v) is 4.59. The summed E-state index contributed by atoms with van der Waals surface area (Å²) in [5, 5.41) is 7.04. The highest BCUT2D eigenvalue weighted by atomic mass is 15.0. The average molecular weight is 185 g/mol. The zero-order valence-corrected chi connectivity index (χ0v) is 8.90. The van der Waals surface area contributed by atoms with Gasteiger partial charge in [-0.25, -0.2) is 0 Å². The highest BCUT2D eigenvalue weighted by Crippen LogP contribution is 2.12. The number of hydrogen-bond acceptors (Lipinski definition) is 3. The van der Waals surface area contributed by atoms with Crippen LogP contribution >= 0.6 is 0 Å². The minimum atomic E-state index is 0.205. The largest absolute Gasteiger partial charge is 0.330 e. The Morgan fingerprint density at radius 3 is 2.54 bits per heavy atom. The fourth-order valence-electron chi connectivity index (χ4n) is 1.95. The lowest BCUT2D eigenvalue weighted by molar-refractivity contribution is 0.277. The molecule has 1 fully saturated rings. The van der Waals surface area contributed by atoms with Crippen molar-refractivity contribution < 1.29 is 0 Å². The van der Waals surface area contributed by atoms with E-state index in [9.17, 15) is 0 Å². The van der Waals surface area contributed by atoms with E-state index in [0.717, 1.165) is 26.1 Å². The smallest absolute Gasteiger partial charge is 0.0139 e. The SMILES string of the molecule is CC(C)(CCN)NC1CCNCC1. The number of hydrogen-bond donors (Lipinski definition) is 3. The van der Waals surface area contributed by atoms with Crippen LogP contribution in [0.5, 0.6) is 0 Å². The number of nitrogens with one attached hydrogen (secondary N) is 2. The molecule has 13 heavy (non-hydrogen) atoms. The Kier molecular flexibility index (Phi) is 4.16. The standard InChI is InChI=1S/C10H23N3/c1-10(2,5-6-11)13-9-3-7-12-8-4-9/h9,12-13H,3-8,11H2,1-2H3. The topological polar surface area (TPSA) is 50.1 Å². The molecule has 1 saturated heterocycles. The van der Waals surface area contributed by atoms with Crippen LogP contribution in [0.3, 0.4) is 0 Å². The van der Waals surface area contributed by atoms with Gasteiger partial charge in [0, 0.05) is 11.6 Å². The van der Waals surface area contributed by atoms with Gasteiger partial charge in [-0.15, -0.1) is 0 Å². The van der Waals surface area contributed by atoms with Crippen molar-refractivity contribution in [2.75, 3.05) is 19.6 Å². The first-order chi connectivity index (χ1) is 6.14. The van der Waals surface area contributed by atoms with E-state index in [1.165, 1.54) is 12.8 Å². The van der Waals surface area contributed by atoms with Crippen molar-refractivity contribution in [3.8, 4) is 0 Å². The van der Waals surface area contributed by atoms with Crippen LogP contribution in [0.15, 0.2) is 0 Å². The predicted molar refractivity (Wildman–Crippen MR) is 56.8 cm³/mol. The van der Waals surface area contributed by atoms with Crippen molar-refractivity contribution in [1.82, 2.24) is 10.6 Å². The Morgan fingerprint density at radius 2 is 2.00 bits per heavy atom. The van der Waals surface area contributed by atoms with E-state index in [1.807, 2.05) is 0 Å². The molecule has 0 aliphatic carbocycles. The summed E-state index contributed by atoms with van der Waals surface area (Å²) in [7, 11) is 0. The van der Waals surface area contributed by atoms with Gasteiger partial charge in [0.1, 0.15) is 0 Å². The molecular weight excluding hydrogens is 162 g/mol. The van der Waals surface area contributed by atoms with Gasteiger partial charge < -0.3 is 16.4 Å². The third-order valence-electron chi connectivity index (χ3n) is 2.70. The normalized spacial score (nSPS) is 20.5. The molecule has 1 rings (SSSR count). The number of piperidine rings is 1. The van der Waals surface area contributed by atoms with E-state index in [0.29, 0.717) is 6.04 Å². The summed E-state index contributed by atoms with van der Waals surface area (Å²) in [4.78, 5) is 0. The molecule has 1 aliphatic rings. The maximum atomic E-state index is 5.57. The molecule has 3 heteroatoms. The zero-order valence-electron chi connectivity index (χ0n) is 8.90. The first kappa shape index (κ1) is 11.0. The number of rotatable bonds is 4. The quantitative estimate of drug-likeness (QED) is 0.596. The van der Waals surface area contributed by atoms with Crippen molar-refractivity contribution in [3.05, 3.63) is 0 Å². The van der Waals surface area contributed by atoms with Crippen molar-refractivity contribution in [2.24, 2.45) is 5.73 Å². The average Bonchev–Trinajstić information content (AvgIpc) is 2.04. The molecule has 0 unspecified atom stereocenters. The third-order valence-corrected chi connectivity index (χ3v) is 2.70. The summed E-state index contributed by atoms with van der Waals surface area (Å²) in [6, 6.07) is 0.683. The van der Waals surface area contributed by atoms with E-state index in [2.05, 4.69) is 24.5 Å². The van der Waals surface area contributed by atoms with Gasteiger partial charge in [0.2, 0.25) is 0 Å². The molecule has 0 aromatic carbocycles. The molecular formula is C10H23N3. The van der Waals surface area contributed by atoms with Crippen LogP contribution in [0.1, 0.15) is 33.1 Å². The molecule has 0 aromatic rings. The molecule has 1 heterocycles. The first-order valence-corrected chi connectivity index (χ1v) is 5.32. The Balaban J connectivity index is 2.28. The van der Waals surface area contributed by atoms with E-state index in [-0.39, 0.29) is 5.54 Å². The lowest BCUT2D eigenvalue weighted by atomic mass is 9.96. The lowest BCUT2D eigenvalue weighted by Gasteiger charge is -2.34. The van der Waals surface area contributed by atoms with Crippen LogP contribution in [0.4, 0.5) is 0 Å². The third kappa shape index (κ3) is 4.07. The summed E-state index contributed by atoms with van der Waals surface area (Å²) in [5.41, 5.74) is 5.77. The molecule has 3 nitrogen and oxygen atoms in total. The summed E-state index contributed by atoms with van der Waals surface area (Å²) in [6.45, 7) is 7.54. The Morgan fingerprint density at radius 1 is 1.38 bits per heavy atom. The van der Waals surface area contributed by atoms with Gasteiger partial charge in [-0.2, -0.15) is 0 Å². The highest BCUT2D eigenvalue weighted by molar-refractivity contribution is 4.84. The van der Waals surface area contributed by atoms with Gasteiger partial charge in [0.25, 0.3) is 0 Å². The minimum absolute atomic E-state index is 0.205. The molecule has 0 bridgehead atoms. The fourth-order valence-corrected chi connectivity index (χ4v) is 1.95. The molecule has 0 aromatic heterocycles. The summed E-state index contributed by atoms with van der Waals surface area (Å²) in [5.74, 6) is 0. The molecule has 0 spiro atoms. The van der Waals surface area contributed by atoms with E-state index >= 15 is 0 Å². The fraction of sp³-hybridized carbons (Fsp3) is 1.00. The summed E-state index contributed by atoms with van der Waals surface area (Å²) in [6.07, 6.45) is 3.54. The van der Waals surface area contributed by atoms with E-state index in [1.54, 1.807) is 0 Å². The molecule has 0 saturated carbocycles. The predicted octanol–water partition coefficient (Wildman–Crippen LogP) is 0.455. The molecule has 4 N–H and O–H groups in total. The van der Waals surface area contributed by atoms with Crippen molar-refractivity contribution in [1.29, 1.82) is 0 Å². The maximum Gasteiger partial charge on any atom is 0.0139 e. The molecule has 78 valence electrons. The Labute approximate surface area is 81.5 Å². The van der Waals surface area contributed by atoms with Crippen molar-refractivity contribution >= 4 is 0 Å². The van der Waals surface area contributed by atoms with Crippen molar-refractivity contribution in [3.63, 3.8) is 0 Å². The molecule has 0 radical (unpaired) electrons. The summed E-state index contributed by atoms with van der Waals surface area (Å²) < 4.78 is 0. The van der Waals surface area contributed by atoms with E-state index in [4.69, 9.17) is 5.73 Å². The van der Waals surface area contributed by atoms with Gasteiger partial charge in [-0.3, -0.25) is 0 Å². The van der Waals surface area contributed by atoms with Crippen LogP contribution in [0.25, 0.3) is 0 Å². The van der Waals surface area contributed by atoms with Gasteiger partial charge in [0.15, 0.2) is 0 Å². The first-order valence-electron chi connectivity index (χ1n) is 5.32. The highest BCUT2D eigenvalue weighted by Gasteiger charge is 2.22. The lowest BCUT2D eigenvalue weighted by Crippen LogP contribution is -2.50. The van der Waals surface area contributed by atoms with Crippen LogP contribution in [-0.2, 0) is 0 Å². The van der Waals surface area contributed by atoms with E-state index < -0.39 is 0 Å². The second-order valence-electron chi connectivity index (χ2n) is 4.59. The molecule has 0 amide bonds.